The Kier molecular flexibility index (Phi) is 5.25. The molecule has 1 aromatic carbocycles. The number of benzene rings is 1. The third-order valence-corrected chi connectivity index (χ3v) is 6.65. The first-order valence-corrected chi connectivity index (χ1v) is 11.1. The Balaban J connectivity index is 1.58. The Morgan fingerprint density at radius 3 is 2.83 bits per heavy atom. The second kappa shape index (κ2) is 8.18. The summed E-state index contributed by atoms with van der Waals surface area (Å²) in [5.41, 5.74) is 6.04. The van der Waals surface area contributed by atoms with E-state index in [1.54, 1.807) is 29.7 Å². The van der Waals surface area contributed by atoms with Gasteiger partial charge in [0.25, 0.3) is 5.91 Å². The number of hydrogen-bond acceptors (Lipinski definition) is 5. The summed E-state index contributed by atoms with van der Waals surface area (Å²) < 4.78 is 1.88. The molecule has 2 N–H and O–H groups in total. The van der Waals surface area contributed by atoms with Gasteiger partial charge in [0.1, 0.15) is 11.3 Å². The SMILES string of the molecule is O=C(Nc1ccccc1Cl)c1cnc2cc(-c3cncs3)c(C3CCNCC3)cn12. The number of hydrogen-bond donors (Lipinski definition) is 2. The minimum absolute atomic E-state index is 0.239. The molecule has 0 saturated carbocycles. The fourth-order valence-corrected chi connectivity index (χ4v) is 4.82. The van der Waals surface area contributed by atoms with Crippen molar-refractivity contribution in [3.63, 3.8) is 0 Å². The monoisotopic (exact) mass is 437 g/mol. The van der Waals surface area contributed by atoms with Gasteiger partial charge in [-0.3, -0.25) is 14.2 Å². The minimum Gasteiger partial charge on any atom is -0.319 e. The van der Waals surface area contributed by atoms with Gasteiger partial charge in [-0.2, -0.15) is 0 Å². The number of anilines is 1. The summed E-state index contributed by atoms with van der Waals surface area (Å²) in [6.45, 7) is 1.99. The van der Waals surface area contributed by atoms with Crippen LogP contribution in [0.25, 0.3) is 16.1 Å². The zero-order valence-electron chi connectivity index (χ0n) is 16.1. The number of piperidine rings is 1. The highest BCUT2D eigenvalue weighted by Crippen LogP contribution is 2.36. The summed E-state index contributed by atoms with van der Waals surface area (Å²) in [6.07, 6.45) is 7.72. The van der Waals surface area contributed by atoms with Crippen molar-refractivity contribution >= 4 is 40.2 Å². The number of amides is 1. The maximum absolute atomic E-state index is 13.0. The maximum Gasteiger partial charge on any atom is 0.274 e. The van der Waals surface area contributed by atoms with E-state index in [1.807, 2.05) is 28.2 Å². The highest BCUT2D eigenvalue weighted by atomic mass is 35.5. The van der Waals surface area contributed by atoms with E-state index in [4.69, 9.17) is 11.6 Å². The number of nitrogens with zero attached hydrogens (tertiary/aromatic N) is 3. The second-order valence-corrected chi connectivity index (χ2v) is 8.63. The lowest BCUT2D eigenvalue weighted by Gasteiger charge is -2.25. The second-order valence-electron chi connectivity index (χ2n) is 7.34. The predicted octanol–water partition coefficient (Wildman–Crippen LogP) is 4.83. The number of nitrogens with one attached hydrogen (secondary N) is 2. The number of fused-ring (bicyclic) bond motifs is 1. The quantitative estimate of drug-likeness (QED) is 0.479. The van der Waals surface area contributed by atoms with Gasteiger partial charge in [0.2, 0.25) is 0 Å². The maximum atomic E-state index is 13.0. The lowest BCUT2D eigenvalue weighted by atomic mass is 9.88. The lowest BCUT2D eigenvalue weighted by molar-refractivity contribution is 0.102. The molecule has 0 spiro atoms. The average Bonchev–Trinajstić information content (AvgIpc) is 3.45. The molecular weight excluding hydrogens is 418 g/mol. The van der Waals surface area contributed by atoms with E-state index in [2.05, 4.69) is 32.9 Å². The van der Waals surface area contributed by atoms with Crippen LogP contribution in [-0.2, 0) is 0 Å². The predicted molar refractivity (Wildman–Crippen MR) is 121 cm³/mol. The number of aromatic nitrogens is 3. The molecule has 1 fully saturated rings. The van der Waals surface area contributed by atoms with Crippen molar-refractivity contribution in [2.45, 2.75) is 18.8 Å². The number of thiazole rings is 1. The normalized spacial score (nSPS) is 14.8. The number of imidazole rings is 1. The number of carbonyl (C=O) groups excluding carboxylic acids is 1. The van der Waals surface area contributed by atoms with Crippen molar-refractivity contribution < 1.29 is 4.79 Å². The summed E-state index contributed by atoms with van der Waals surface area (Å²) in [5.74, 6) is 0.187. The molecule has 0 atom stereocenters. The number of rotatable bonds is 4. The van der Waals surface area contributed by atoms with Gasteiger partial charge in [-0.1, -0.05) is 23.7 Å². The molecule has 0 aliphatic carbocycles. The third kappa shape index (κ3) is 3.60. The first kappa shape index (κ1) is 19.2. The Morgan fingerprint density at radius 1 is 1.23 bits per heavy atom. The first-order chi connectivity index (χ1) is 14.7. The zero-order chi connectivity index (χ0) is 20.5. The number of pyridine rings is 1. The van der Waals surface area contributed by atoms with Crippen LogP contribution in [0.1, 0.15) is 34.8 Å². The average molecular weight is 438 g/mol. The van der Waals surface area contributed by atoms with Crippen LogP contribution in [0.3, 0.4) is 0 Å². The highest BCUT2D eigenvalue weighted by molar-refractivity contribution is 7.13. The number of halogens is 1. The summed E-state index contributed by atoms with van der Waals surface area (Å²) in [4.78, 5) is 22.9. The van der Waals surface area contributed by atoms with E-state index >= 15 is 0 Å². The summed E-state index contributed by atoms with van der Waals surface area (Å²) in [7, 11) is 0. The smallest absolute Gasteiger partial charge is 0.274 e. The van der Waals surface area contributed by atoms with E-state index in [1.165, 1.54) is 5.56 Å². The Labute approximate surface area is 182 Å². The van der Waals surface area contributed by atoms with Gasteiger partial charge in [0.05, 0.1) is 27.3 Å². The van der Waals surface area contributed by atoms with Crippen molar-refractivity contribution in [1.82, 2.24) is 19.7 Å². The molecule has 152 valence electrons. The summed E-state index contributed by atoms with van der Waals surface area (Å²) in [6, 6.07) is 9.27. The largest absolute Gasteiger partial charge is 0.319 e. The molecule has 30 heavy (non-hydrogen) atoms. The van der Waals surface area contributed by atoms with E-state index in [9.17, 15) is 4.79 Å². The van der Waals surface area contributed by atoms with Crippen molar-refractivity contribution in [3.05, 3.63) is 70.7 Å². The third-order valence-electron chi connectivity index (χ3n) is 5.51. The number of carbonyl (C=O) groups is 1. The van der Waals surface area contributed by atoms with Crippen LogP contribution in [0.2, 0.25) is 5.02 Å². The molecule has 1 saturated heterocycles. The lowest BCUT2D eigenvalue weighted by Crippen LogP contribution is -2.27. The molecule has 5 rings (SSSR count). The standard InChI is InChI=1S/C22H20ClN5OS/c23-17-3-1-2-4-18(17)27-22(29)19-10-26-21-9-15(20-11-25-13-30-20)16(12-28(19)21)14-5-7-24-8-6-14/h1-4,9-14,24H,5-8H2,(H,27,29). The molecule has 1 aliphatic rings. The summed E-state index contributed by atoms with van der Waals surface area (Å²) >= 11 is 7.83. The molecule has 8 heteroatoms. The molecule has 0 bridgehead atoms. The van der Waals surface area contributed by atoms with Gasteiger partial charge in [0.15, 0.2) is 0 Å². The topological polar surface area (TPSA) is 71.3 Å². The molecule has 1 aliphatic heterocycles. The summed E-state index contributed by atoms with van der Waals surface area (Å²) in [5, 5.41) is 6.83. The van der Waals surface area contributed by atoms with Gasteiger partial charge >= 0.3 is 0 Å². The van der Waals surface area contributed by atoms with Crippen molar-refractivity contribution in [1.29, 1.82) is 0 Å². The van der Waals surface area contributed by atoms with Crippen LogP contribution in [0.15, 0.2) is 54.4 Å². The van der Waals surface area contributed by atoms with E-state index in [0.29, 0.717) is 22.3 Å². The molecule has 4 aromatic rings. The van der Waals surface area contributed by atoms with Crippen LogP contribution >= 0.6 is 22.9 Å². The zero-order valence-corrected chi connectivity index (χ0v) is 17.7. The van der Waals surface area contributed by atoms with Gasteiger partial charge in [-0.05, 0) is 55.6 Å². The molecule has 0 radical (unpaired) electrons. The first-order valence-electron chi connectivity index (χ1n) is 9.87. The molecule has 4 heterocycles. The Bertz CT molecular complexity index is 1200. The molecule has 1 amide bonds. The van der Waals surface area contributed by atoms with E-state index in [-0.39, 0.29) is 5.91 Å². The van der Waals surface area contributed by atoms with Gasteiger partial charge in [0, 0.05) is 18.0 Å². The van der Waals surface area contributed by atoms with Gasteiger partial charge < -0.3 is 10.6 Å². The molecule has 3 aromatic heterocycles. The molecule has 0 unspecified atom stereocenters. The van der Waals surface area contributed by atoms with Crippen LogP contribution < -0.4 is 10.6 Å². The van der Waals surface area contributed by atoms with E-state index < -0.39 is 0 Å². The van der Waals surface area contributed by atoms with E-state index in [0.717, 1.165) is 42.0 Å². The fourth-order valence-electron chi connectivity index (χ4n) is 3.98. The van der Waals surface area contributed by atoms with Crippen LogP contribution in [-0.4, -0.2) is 33.4 Å². The van der Waals surface area contributed by atoms with Crippen molar-refractivity contribution in [3.8, 4) is 10.4 Å². The Hall–Kier alpha value is -2.74. The van der Waals surface area contributed by atoms with Crippen LogP contribution in [0, 0.1) is 0 Å². The number of para-hydroxylation sites is 1. The van der Waals surface area contributed by atoms with Crippen LogP contribution in [0.4, 0.5) is 5.69 Å². The van der Waals surface area contributed by atoms with Gasteiger partial charge in [-0.25, -0.2) is 4.98 Å². The highest BCUT2D eigenvalue weighted by Gasteiger charge is 2.23. The Morgan fingerprint density at radius 2 is 2.07 bits per heavy atom. The molecule has 6 nitrogen and oxygen atoms in total. The van der Waals surface area contributed by atoms with Gasteiger partial charge in [-0.15, -0.1) is 11.3 Å². The van der Waals surface area contributed by atoms with Crippen molar-refractivity contribution in [2.75, 3.05) is 18.4 Å². The minimum atomic E-state index is -0.239. The van der Waals surface area contributed by atoms with Crippen LogP contribution in [0.5, 0.6) is 0 Å². The van der Waals surface area contributed by atoms with Crippen molar-refractivity contribution in [2.24, 2.45) is 0 Å². The fraction of sp³-hybridized carbons (Fsp3) is 0.227. The molecular formula is C22H20ClN5OS.